The lowest BCUT2D eigenvalue weighted by Gasteiger charge is -2.08. The molecule has 0 saturated carbocycles. The highest BCUT2D eigenvalue weighted by Gasteiger charge is 2.21. The summed E-state index contributed by atoms with van der Waals surface area (Å²) in [5.41, 5.74) is 5.73. The van der Waals surface area contributed by atoms with Gasteiger partial charge in [0.1, 0.15) is 17.8 Å². The number of hydrogen-bond donors (Lipinski definition) is 1. The maximum atomic E-state index is 5.99. The molecule has 1 aromatic carbocycles. The van der Waals surface area contributed by atoms with E-state index in [0.29, 0.717) is 30.4 Å². The molecule has 0 spiro atoms. The maximum absolute atomic E-state index is 5.99. The Labute approximate surface area is 172 Å². The number of ether oxygens (including phenoxy) is 2. The molecule has 8 nitrogen and oxygen atoms in total. The molecule has 8 heteroatoms. The first-order valence-electron chi connectivity index (χ1n) is 9.77. The van der Waals surface area contributed by atoms with Gasteiger partial charge < -0.3 is 23.4 Å². The van der Waals surface area contributed by atoms with Gasteiger partial charge in [0, 0.05) is 48.1 Å². The molecule has 0 bridgehead atoms. The first-order chi connectivity index (χ1) is 14.6. The van der Waals surface area contributed by atoms with Crippen LogP contribution in [0.4, 0.5) is 0 Å². The predicted octanol–water partition coefficient (Wildman–Crippen LogP) is 4.93. The molecule has 4 heterocycles. The molecule has 0 saturated heterocycles. The van der Waals surface area contributed by atoms with Crippen molar-refractivity contribution in [3.8, 4) is 11.4 Å². The van der Waals surface area contributed by atoms with E-state index in [4.69, 9.17) is 23.4 Å². The predicted molar refractivity (Wildman–Crippen MR) is 112 cm³/mol. The van der Waals surface area contributed by atoms with Crippen LogP contribution in [0.25, 0.3) is 44.3 Å². The normalized spacial score (nSPS) is 12.2. The van der Waals surface area contributed by atoms with Crippen molar-refractivity contribution < 1.29 is 18.4 Å². The van der Waals surface area contributed by atoms with E-state index >= 15 is 0 Å². The first-order valence-corrected chi connectivity index (χ1v) is 9.77. The monoisotopic (exact) mass is 406 g/mol. The summed E-state index contributed by atoms with van der Waals surface area (Å²) in [6.45, 7) is 4.85. The van der Waals surface area contributed by atoms with E-state index in [9.17, 15) is 0 Å². The fourth-order valence-corrected chi connectivity index (χ4v) is 3.83. The zero-order chi connectivity index (χ0) is 20.8. The number of nitrogens with zero attached hydrogens (tertiary/aromatic N) is 3. The quantitative estimate of drug-likeness (QED) is 0.427. The van der Waals surface area contributed by atoms with E-state index in [1.807, 2.05) is 24.4 Å². The van der Waals surface area contributed by atoms with Gasteiger partial charge in [0.25, 0.3) is 0 Å². The molecule has 5 rings (SSSR count). The van der Waals surface area contributed by atoms with Crippen molar-refractivity contribution in [3.05, 3.63) is 41.6 Å². The number of pyridine rings is 1. The molecule has 0 aliphatic carbocycles. The second-order valence-electron chi connectivity index (χ2n) is 7.59. The van der Waals surface area contributed by atoms with E-state index in [1.54, 1.807) is 14.2 Å². The average Bonchev–Trinajstić information content (AvgIpc) is 3.44. The molecule has 0 aliphatic rings. The smallest absolute Gasteiger partial charge is 0.198 e. The van der Waals surface area contributed by atoms with Crippen LogP contribution in [-0.2, 0) is 22.7 Å². The van der Waals surface area contributed by atoms with E-state index < -0.39 is 0 Å². The minimum atomic E-state index is 0.197. The molecule has 0 unspecified atom stereocenters. The van der Waals surface area contributed by atoms with E-state index in [1.165, 1.54) is 0 Å². The molecular formula is C22H22N4O4. The lowest BCUT2D eigenvalue weighted by molar-refractivity contribution is 0.156. The molecule has 0 fully saturated rings. The maximum Gasteiger partial charge on any atom is 0.198 e. The summed E-state index contributed by atoms with van der Waals surface area (Å²) < 4.78 is 22.1. The fourth-order valence-electron chi connectivity index (χ4n) is 3.83. The van der Waals surface area contributed by atoms with Crippen molar-refractivity contribution in [1.82, 2.24) is 20.1 Å². The molecule has 154 valence electrons. The van der Waals surface area contributed by atoms with Gasteiger partial charge in [0.15, 0.2) is 17.2 Å². The van der Waals surface area contributed by atoms with Crippen LogP contribution >= 0.6 is 0 Å². The number of fused-ring (bicyclic) bond motifs is 5. The first kappa shape index (κ1) is 18.8. The molecule has 0 amide bonds. The molecule has 0 atom stereocenters. The summed E-state index contributed by atoms with van der Waals surface area (Å²) in [7, 11) is 3.28. The molecule has 0 aliphatic heterocycles. The molecular weight excluding hydrogens is 384 g/mol. The van der Waals surface area contributed by atoms with Gasteiger partial charge >= 0.3 is 0 Å². The zero-order valence-electron chi connectivity index (χ0n) is 17.3. The Balaban J connectivity index is 1.83. The van der Waals surface area contributed by atoms with Gasteiger partial charge in [-0.15, -0.1) is 0 Å². The third-order valence-electron chi connectivity index (χ3n) is 5.15. The molecule has 1 N–H and O–H groups in total. The highest BCUT2D eigenvalue weighted by molar-refractivity contribution is 6.19. The van der Waals surface area contributed by atoms with Gasteiger partial charge in [-0.2, -0.15) is 0 Å². The van der Waals surface area contributed by atoms with E-state index in [2.05, 4.69) is 29.0 Å². The van der Waals surface area contributed by atoms with Crippen LogP contribution in [0.3, 0.4) is 0 Å². The summed E-state index contributed by atoms with van der Waals surface area (Å²) >= 11 is 0. The third-order valence-corrected chi connectivity index (χ3v) is 5.15. The summed E-state index contributed by atoms with van der Waals surface area (Å²) in [5, 5.41) is 6.19. The number of benzene rings is 1. The summed E-state index contributed by atoms with van der Waals surface area (Å²) in [6.07, 6.45) is 1.81. The number of H-pyrrole nitrogens is 1. The van der Waals surface area contributed by atoms with Crippen LogP contribution in [-0.4, -0.2) is 34.3 Å². The molecule has 4 aromatic heterocycles. The van der Waals surface area contributed by atoms with Crippen LogP contribution in [0.5, 0.6) is 0 Å². The number of aromatic amines is 1. The van der Waals surface area contributed by atoms with Gasteiger partial charge in [-0.25, -0.2) is 4.98 Å². The van der Waals surface area contributed by atoms with Crippen LogP contribution in [0.15, 0.2) is 33.3 Å². The number of rotatable bonds is 6. The highest BCUT2D eigenvalue weighted by atomic mass is 16.5. The second-order valence-corrected chi connectivity index (χ2v) is 7.59. The Morgan fingerprint density at radius 3 is 2.67 bits per heavy atom. The van der Waals surface area contributed by atoms with Crippen LogP contribution < -0.4 is 0 Å². The summed E-state index contributed by atoms with van der Waals surface area (Å²) in [6, 6.07) is 5.80. The van der Waals surface area contributed by atoms with Gasteiger partial charge in [0.05, 0.1) is 24.0 Å². The topological polar surface area (TPSA) is 99.2 Å². The van der Waals surface area contributed by atoms with Crippen molar-refractivity contribution in [2.75, 3.05) is 14.2 Å². The largest absolute Gasteiger partial charge is 0.440 e. The Morgan fingerprint density at radius 2 is 1.90 bits per heavy atom. The van der Waals surface area contributed by atoms with Gasteiger partial charge in [-0.05, 0) is 12.1 Å². The second kappa shape index (κ2) is 7.23. The number of aromatic nitrogens is 4. The minimum absolute atomic E-state index is 0.197. The standard InChI is InChI=1S/C22H22N4O4/c1-11(2)22-25-21-17(29-22)6-5-14-19(21)18-13(10-28-4)20(23-8-16(18)24-14)15-7-12(9-27-3)30-26-15/h5-8,11,24H,9-10H2,1-4H3. The van der Waals surface area contributed by atoms with Gasteiger partial charge in [0.2, 0.25) is 0 Å². The number of nitrogens with one attached hydrogen (secondary N) is 1. The minimum Gasteiger partial charge on any atom is -0.440 e. The fraction of sp³-hybridized carbons (Fsp3) is 0.318. The average molecular weight is 406 g/mol. The molecule has 5 aromatic rings. The van der Waals surface area contributed by atoms with Crippen molar-refractivity contribution in [2.45, 2.75) is 33.0 Å². The van der Waals surface area contributed by atoms with Crippen LogP contribution in [0, 0.1) is 0 Å². The van der Waals surface area contributed by atoms with Crippen molar-refractivity contribution in [1.29, 1.82) is 0 Å². The third kappa shape index (κ3) is 2.88. The number of oxazole rings is 1. The lowest BCUT2D eigenvalue weighted by atomic mass is 10.0. The van der Waals surface area contributed by atoms with E-state index in [-0.39, 0.29) is 5.92 Å². The van der Waals surface area contributed by atoms with Crippen molar-refractivity contribution in [3.63, 3.8) is 0 Å². The van der Waals surface area contributed by atoms with Crippen molar-refractivity contribution in [2.24, 2.45) is 0 Å². The van der Waals surface area contributed by atoms with Gasteiger partial charge in [-0.3, -0.25) is 4.98 Å². The number of methoxy groups -OCH3 is 2. The van der Waals surface area contributed by atoms with E-state index in [0.717, 1.165) is 44.4 Å². The Bertz CT molecular complexity index is 1360. The Morgan fingerprint density at radius 1 is 1.07 bits per heavy atom. The summed E-state index contributed by atoms with van der Waals surface area (Å²) in [4.78, 5) is 12.9. The summed E-state index contributed by atoms with van der Waals surface area (Å²) in [5.74, 6) is 1.55. The SMILES string of the molecule is COCc1cc(-c2ncc3[nH]c4ccc5oc(C(C)C)nc5c4c3c2COC)no1. The van der Waals surface area contributed by atoms with Crippen LogP contribution in [0.2, 0.25) is 0 Å². The Hall–Kier alpha value is -3.23. The van der Waals surface area contributed by atoms with Gasteiger partial charge in [-0.1, -0.05) is 19.0 Å². The van der Waals surface area contributed by atoms with Crippen LogP contribution in [0.1, 0.15) is 37.0 Å². The van der Waals surface area contributed by atoms with Crippen molar-refractivity contribution >= 4 is 32.9 Å². The lowest BCUT2D eigenvalue weighted by Crippen LogP contribution is -1.97. The molecule has 0 radical (unpaired) electrons. The molecule has 30 heavy (non-hydrogen) atoms. The zero-order valence-corrected chi connectivity index (χ0v) is 17.3. The Kier molecular flexibility index (Phi) is 4.52. The highest BCUT2D eigenvalue weighted by Crippen LogP contribution is 2.38. The number of hydrogen-bond acceptors (Lipinski definition) is 7.